The normalized spacial score (nSPS) is 14.7. The lowest BCUT2D eigenvalue weighted by molar-refractivity contribution is -0.120. The van der Waals surface area contributed by atoms with Crippen LogP contribution in [0.2, 0.25) is 0 Å². The van der Waals surface area contributed by atoms with Crippen LogP contribution in [0.15, 0.2) is 18.2 Å². The lowest BCUT2D eigenvalue weighted by atomic mass is 9.98. The summed E-state index contributed by atoms with van der Waals surface area (Å²) < 4.78 is 5.29. The minimum Gasteiger partial charge on any atom is -0.482 e. The number of fused-ring (bicyclic) bond motifs is 1. The van der Waals surface area contributed by atoms with Gasteiger partial charge in [0.1, 0.15) is 5.75 Å². The van der Waals surface area contributed by atoms with Crippen LogP contribution in [0.5, 0.6) is 5.75 Å². The monoisotopic (exact) mass is 290 g/mol. The van der Waals surface area contributed by atoms with Crippen LogP contribution >= 0.6 is 0 Å². The maximum absolute atomic E-state index is 12.3. The predicted molar refractivity (Wildman–Crippen MR) is 82.5 cm³/mol. The molecule has 2 N–H and O–H groups in total. The number of nitrogens with one attached hydrogen (secondary N) is 2. The average molecular weight is 290 g/mol. The summed E-state index contributed by atoms with van der Waals surface area (Å²) in [5.74, 6) is 0.520. The van der Waals surface area contributed by atoms with Crippen molar-refractivity contribution in [3.05, 3.63) is 18.2 Å². The minimum absolute atomic E-state index is 0.0341. The SMILES string of the molecule is CCCCC(CC)C(=O)Nc1ccc2c(c1)NC(=O)CO2. The van der Waals surface area contributed by atoms with Crippen LogP contribution in [-0.4, -0.2) is 18.4 Å². The van der Waals surface area contributed by atoms with Crippen LogP contribution in [0.3, 0.4) is 0 Å². The summed E-state index contributed by atoms with van der Waals surface area (Å²) in [7, 11) is 0. The molecule has 0 saturated carbocycles. The summed E-state index contributed by atoms with van der Waals surface area (Å²) >= 11 is 0. The van der Waals surface area contributed by atoms with E-state index in [0.717, 1.165) is 25.7 Å². The first-order chi connectivity index (χ1) is 10.1. The van der Waals surface area contributed by atoms with Crippen LogP contribution in [0.25, 0.3) is 0 Å². The van der Waals surface area contributed by atoms with E-state index >= 15 is 0 Å². The zero-order chi connectivity index (χ0) is 15.2. The molecule has 2 amide bonds. The van der Waals surface area contributed by atoms with Crippen molar-refractivity contribution in [2.45, 2.75) is 39.5 Å². The highest BCUT2D eigenvalue weighted by atomic mass is 16.5. The number of amides is 2. The standard InChI is InChI=1S/C16H22N2O3/c1-3-5-6-11(4-2)16(20)17-12-7-8-14-13(9-12)18-15(19)10-21-14/h7-9,11H,3-6,10H2,1-2H3,(H,17,20)(H,18,19). The number of benzene rings is 1. The maximum Gasteiger partial charge on any atom is 0.262 e. The van der Waals surface area contributed by atoms with Crippen LogP contribution in [-0.2, 0) is 9.59 Å². The van der Waals surface area contributed by atoms with Gasteiger partial charge in [-0.25, -0.2) is 0 Å². The number of unbranched alkanes of at least 4 members (excludes halogenated alkanes) is 1. The summed E-state index contributed by atoms with van der Waals surface area (Å²) in [6, 6.07) is 5.29. The summed E-state index contributed by atoms with van der Waals surface area (Å²) in [5, 5.41) is 5.66. The molecule has 0 bridgehead atoms. The van der Waals surface area contributed by atoms with Gasteiger partial charge in [0.2, 0.25) is 5.91 Å². The number of carbonyl (C=O) groups is 2. The largest absolute Gasteiger partial charge is 0.482 e. The van der Waals surface area contributed by atoms with E-state index in [9.17, 15) is 9.59 Å². The Morgan fingerprint density at radius 1 is 1.43 bits per heavy atom. The summed E-state index contributed by atoms with van der Waals surface area (Å²) in [6.45, 7) is 4.19. The fraction of sp³-hybridized carbons (Fsp3) is 0.500. The molecule has 0 radical (unpaired) electrons. The van der Waals surface area contributed by atoms with Crippen molar-refractivity contribution < 1.29 is 14.3 Å². The van der Waals surface area contributed by atoms with E-state index in [4.69, 9.17) is 4.74 Å². The lowest BCUT2D eigenvalue weighted by Crippen LogP contribution is -2.26. The smallest absolute Gasteiger partial charge is 0.262 e. The molecule has 21 heavy (non-hydrogen) atoms. The van der Waals surface area contributed by atoms with Crippen molar-refractivity contribution in [1.82, 2.24) is 0 Å². The zero-order valence-corrected chi connectivity index (χ0v) is 12.6. The second-order valence-electron chi connectivity index (χ2n) is 5.28. The zero-order valence-electron chi connectivity index (χ0n) is 12.6. The molecule has 1 aliphatic heterocycles. The fourth-order valence-electron chi connectivity index (χ4n) is 2.38. The number of anilines is 2. The van der Waals surface area contributed by atoms with E-state index < -0.39 is 0 Å². The molecule has 1 unspecified atom stereocenters. The Labute approximate surface area is 125 Å². The second kappa shape index (κ2) is 7.11. The number of ether oxygens (including phenoxy) is 1. The molecule has 1 aromatic carbocycles. The van der Waals surface area contributed by atoms with Gasteiger partial charge in [-0.05, 0) is 31.0 Å². The highest BCUT2D eigenvalue weighted by Gasteiger charge is 2.19. The van der Waals surface area contributed by atoms with Gasteiger partial charge in [-0.3, -0.25) is 9.59 Å². The highest BCUT2D eigenvalue weighted by molar-refractivity contribution is 5.98. The van der Waals surface area contributed by atoms with Crippen LogP contribution < -0.4 is 15.4 Å². The van der Waals surface area contributed by atoms with Crippen LogP contribution in [0.4, 0.5) is 11.4 Å². The average Bonchev–Trinajstić information content (AvgIpc) is 2.47. The fourth-order valence-corrected chi connectivity index (χ4v) is 2.38. The van der Waals surface area contributed by atoms with Gasteiger partial charge >= 0.3 is 0 Å². The molecule has 0 aliphatic carbocycles. The summed E-state index contributed by atoms with van der Waals surface area (Å²) in [5.41, 5.74) is 1.28. The van der Waals surface area contributed by atoms with Crippen LogP contribution in [0, 0.1) is 5.92 Å². The summed E-state index contributed by atoms with van der Waals surface area (Å²) in [6.07, 6.45) is 3.88. The Kier molecular flexibility index (Phi) is 5.20. The number of carbonyl (C=O) groups excluding carboxylic acids is 2. The molecule has 1 aromatic rings. The number of hydrogen-bond acceptors (Lipinski definition) is 3. The van der Waals surface area contributed by atoms with Crippen molar-refractivity contribution in [2.24, 2.45) is 5.92 Å². The molecule has 114 valence electrons. The van der Waals surface area contributed by atoms with E-state index in [0.29, 0.717) is 17.1 Å². The molecule has 0 spiro atoms. The third-order valence-corrected chi connectivity index (χ3v) is 3.65. The van der Waals surface area contributed by atoms with Gasteiger partial charge in [0, 0.05) is 11.6 Å². The van der Waals surface area contributed by atoms with Crippen molar-refractivity contribution in [1.29, 1.82) is 0 Å². The Hall–Kier alpha value is -2.04. The number of rotatable bonds is 6. The first kappa shape index (κ1) is 15.4. The van der Waals surface area contributed by atoms with E-state index in [1.165, 1.54) is 0 Å². The van der Waals surface area contributed by atoms with E-state index in [-0.39, 0.29) is 24.3 Å². The van der Waals surface area contributed by atoms with Gasteiger partial charge in [-0.1, -0.05) is 26.7 Å². The molecule has 1 atom stereocenters. The molecule has 0 fully saturated rings. The molecule has 1 heterocycles. The Morgan fingerprint density at radius 2 is 2.24 bits per heavy atom. The molecule has 5 heteroatoms. The van der Waals surface area contributed by atoms with Crippen molar-refractivity contribution >= 4 is 23.2 Å². The topological polar surface area (TPSA) is 67.4 Å². The predicted octanol–water partition coefficient (Wildman–Crippen LogP) is 3.17. The highest BCUT2D eigenvalue weighted by Crippen LogP contribution is 2.30. The number of hydrogen-bond donors (Lipinski definition) is 2. The molecular formula is C16H22N2O3. The minimum atomic E-state index is -0.180. The molecule has 1 aliphatic rings. The van der Waals surface area contributed by atoms with Gasteiger partial charge in [-0.15, -0.1) is 0 Å². The Morgan fingerprint density at radius 3 is 2.95 bits per heavy atom. The third-order valence-electron chi connectivity index (χ3n) is 3.65. The lowest BCUT2D eigenvalue weighted by Gasteiger charge is -2.19. The second-order valence-corrected chi connectivity index (χ2v) is 5.28. The molecule has 5 nitrogen and oxygen atoms in total. The van der Waals surface area contributed by atoms with Gasteiger partial charge in [0.05, 0.1) is 5.69 Å². The van der Waals surface area contributed by atoms with Crippen LogP contribution in [0.1, 0.15) is 39.5 Å². The van der Waals surface area contributed by atoms with Gasteiger partial charge in [-0.2, -0.15) is 0 Å². The van der Waals surface area contributed by atoms with Crippen molar-refractivity contribution in [2.75, 3.05) is 17.2 Å². The molecule has 2 rings (SSSR count). The Balaban J connectivity index is 2.03. The van der Waals surface area contributed by atoms with Gasteiger partial charge < -0.3 is 15.4 Å². The quantitative estimate of drug-likeness (QED) is 0.845. The first-order valence-corrected chi connectivity index (χ1v) is 7.51. The van der Waals surface area contributed by atoms with E-state index in [1.807, 2.05) is 6.92 Å². The third kappa shape index (κ3) is 3.97. The van der Waals surface area contributed by atoms with E-state index in [1.54, 1.807) is 18.2 Å². The van der Waals surface area contributed by atoms with Crippen molar-refractivity contribution in [3.8, 4) is 5.75 Å². The van der Waals surface area contributed by atoms with Gasteiger partial charge in [0.15, 0.2) is 6.61 Å². The molecule has 0 aromatic heterocycles. The van der Waals surface area contributed by atoms with Gasteiger partial charge in [0.25, 0.3) is 5.91 Å². The maximum atomic E-state index is 12.3. The molecule has 0 saturated heterocycles. The van der Waals surface area contributed by atoms with Crippen molar-refractivity contribution in [3.63, 3.8) is 0 Å². The Bertz CT molecular complexity index is 528. The molecular weight excluding hydrogens is 268 g/mol. The first-order valence-electron chi connectivity index (χ1n) is 7.51. The van der Waals surface area contributed by atoms with E-state index in [2.05, 4.69) is 17.6 Å². The summed E-state index contributed by atoms with van der Waals surface area (Å²) in [4.78, 5) is 23.6.